The molecule has 320 valence electrons. The van der Waals surface area contributed by atoms with Gasteiger partial charge in [-0.1, -0.05) is 12.2 Å². The van der Waals surface area contributed by atoms with Crippen LogP contribution in [0.25, 0.3) is 0 Å². The van der Waals surface area contributed by atoms with Crippen molar-refractivity contribution in [3.63, 3.8) is 0 Å². The van der Waals surface area contributed by atoms with E-state index < -0.39 is 35.2 Å². The highest BCUT2D eigenvalue weighted by atomic mass is 16.6. The minimum absolute atomic E-state index is 0.0473. The molecule has 56 heavy (non-hydrogen) atoms. The van der Waals surface area contributed by atoms with E-state index in [0.29, 0.717) is 116 Å². The number of amides is 2. The lowest BCUT2D eigenvalue weighted by Gasteiger charge is -2.33. The summed E-state index contributed by atoms with van der Waals surface area (Å²) in [6.45, 7) is 11.8. The first-order chi connectivity index (χ1) is 26.5. The Balaban J connectivity index is 1.35. The summed E-state index contributed by atoms with van der Waals surface area (Å²) in [6, 6.07) is 0. The van der Waals surface area contributed by atoms with Crippen LogP contribution in [0.3, 0.4) is 0 Å². The number of carbonyl (C=O) groups excluding carboxylic acids is 2. The third-order valence-corrected chi connectivity index (χ3v) is 10.9. The largest absolute Gasteiger partial charge is 0.480 e. The topological polar surface area (TPSA) is 211 Å². The lowest BCUT2D eigenvalue weighted by molar-refractivity contribution is -0.140. The molecule has 17 nitrogen and oxygen atoms in total. The van der Waals surface area contributed by atoms with Gasteiger partial charge >= 0.3 is 24.0 Å². The maximum Gasteiger partial charge on any atom is 0.407 e. The fourth-order valence-corrected chi connectivity index (χ4v) is 7.41. The van der Waals surface area contributed by atoms with Gasteiger partial charge in [0, 0.05) is 65.4 Å². The maximum atomic E-state index is 13.1. The van der Waals surface area contributed by atoms with E-state index in [2.05, 4.69) is 22.8 Å². The number of nitrogens with one attached hydrogen (secondary N) is 2. The summed E-state index contributed by atoms with van der Waals surface area (Å²) < 4.78 is 17.7. The van der Waals surface area contributed by atoms with Crippen LogP contribution in [0.4, 0.5) is 4.79 Å². The van der Waals surface area contributed by atoms with Crippen LogP contribution in [0.2, 0.25) is 0 Å². The van der Waals surface area contributed by atoms with Crippen molar-refractivity contribution in [2.75, 3.05) is 111 Å². The van der Waals surface area contributed by atoms with E-state index in [1.807, 2.05) is 32.6 Å². The van der Waals surface area contributed by atoms with Crippen molar-refractivity contribution < 1.29 is 53.5 Å². The molecule has 2 fully saturated rings. The molecule has 0 radical (unpaired) electrons. The highest BCUT2D eigenvalue weighted by Crippen LogP contribution is 2.52. The lowest BCUT2D eigenvalue weighted by Crippen LogP contribution is -2.50. The van der Waals surface area contributed by atoms with E-state index in [1.165, 1.54) is 12.8 Å². The van der Waals surface area contributed by atoms with Crippen LogP contribution >= 0.6 is 0 Å². The first kappa shape index (κ1) is 47.0. The Morgan fingerprint density at radius 3 is 1.50 bits per heavy atom. The van der Waals surface area contributed by atoms with Crippen molar-refractivity contribution in [2.24, 2.45) is 17.8 Å². The van der Waals surface area contributed by atoms with Crippen molar-refractivity contribution in [3.05, 3.63) is 12.2 Å². The summed E-state index contributed by atoms with van der Waals surface area (Å²) in [4.78, 5) is 66.8. The van der Waals surface area contributed by atoms with Gasteiger partial charge in [0.1, 0.15) is 0 Å². The van der Waals surface area contributed by atoms with Gasteiger partial charge in [-0.05, 0) is 84.0 Å². The van der Waals surface area contributed by atoms with E-state index in [4.69, 9.17) is 14.2 Å². The first-order valence-electron chi connectivity index (χ1n) is 20.2. The second-order valence-electron chi connectivity index (χ2n) is 16.5. The Morgan fingerprint density at radius 1 is 0.607 bits per heavy atom. The smallest absolute Gasteiger partial charge is 0.407 e. The van der Waals surface area contributed by atoms with Gasteiger partial charge in [-0.25, -0.2) is 4.79 Å². The number of carbonyl (C=O) groups is 5. The summed E-state index contributed by atoms with van der Waals surface area (Å²) in [5.41, 5.74) is -1.01. The minimum atomic E-state index is -1.02. The standard InChI is InChI=1S/C39H68N6O11/c1-38(2,55-23-12-39(3,4)56-24-14-41-37(53)54-29-32-30-9-7-5-6-8-10-31(30)32)11-13-40-33(46)25-42-15-17-43(26-34(47)48)19-21-45(28-36(51)52)22-20-44(18-16-42)27-35(49)50/h5-6,30-32H,7-29H2,1-4H3,(H,40,46)(H,41,53)(H,47,48)(H,49,50)(H,51,52)/b6-5+/t30-,31+,32?. The highest BCUT2D eigenvalue weighted by Gasteiger charge is 2.49. The molecule has 5 N–H and O–H groups in total. The Morgan fingerprint density at radius 2 is 1.04 bits per heavy atom. The molecular weight excluding hydrogens is 728 g/mol. The van der Waals surface area contributed by atoms with Crippen LogP contribution in [-0.4, -0.2) is 187 Å². The van der Waals surface area contributed by atoms with Crippen LogP contribution < -0.4 is 10.6 Å². The third-order valence-electron chi connectivity index (χ3n) is 10.9. The molecule has 2 amide bonds. The van der Waals surface area contributed by atoms with Crippen molar-refractivity contribution in [1.29, 1.82) is 0 Å². The molecule has 1 unspecified atom stereocenters. The fourth-order valence-electron chi connectivity index (χ4n) is 7.41. The van der Waals surface area contributed by atoms with Crippen LogP contribution in [0.1, 0.15) is 66.2 Å². The molecule has 0 aromatic carbocycles. The number of rotatable bonds is 21. The van der Waals surface area contributed by atoms with Crippen LogP contribution in [0.15, 0.2) is 12.2 Å². The van der Waals surface area contributed by atoms with E-state index in [-0.39, 0.29) is 32.1 Å². The van der Waals surface area contributed by atoms with Crippen LogP contribution in [-0.2, 0) is 33.4 Å². The van der Waals surface area contributed by atoms with Gasteiger partial charge in [-0.3, -0.25) is 38.8 Å². The average molecular weight is 797 g/mol. The molecule has 2 aliphatic carbocycles. The Hall–Kier alpha value is -3.35. The molecule has 0 spiro atoms. The third kappa shape index (κ3) is 19.7. The van der Waals surface area contributed by atoms with E-state index in [9.17, 15) is 39.3 Å². The molecule has 0 bridgehead atoms. The van der Waals surface area contributed by atoms with Gasteiger partial charge in [0.05, 0.1) is 57.2 Å². The fraction of sp³-hybridized carbons (Fsp3) is 0.821. The second-order valence-corrected chi connectivity index (χ2v) is 16.5. The quantitative estimate of drug-likeness (QED) is 0.0827. The normalized spacial score (nSPS) is 23.0. The van der Waals surface area contributed by atoms with Gasteiger partial charge in [0.2, 0.25) is 5.91 Å². The van der Waals surface area contributed by atoms with Gasteiger partial charge in [-0.15, -0.1) is 0 Å². The SMILES string of the molecule is CC(C)(CCNC(=O)CN1CCN(CC(=O)O)CCN(CC(=O)O)CCN(CC(=O)O)CC1)OCCC(C)(C)OCCNC(=O)OCC1[C@H]2CC/C=C/CC[C@@H]12. The second kappa shape index (κ2) is 23.8. The number of allylic oxidation sites excluding steroid dienone is 2. The number of aliphatic carboxylic acids is 3. The number of carboxylic acids is 3. The van der Waals surface area contributed by atoms with E-state index in [0.717, 1.165) is 12.8 Å². The van der Waals surface area contributed by atoms with Gasteiger partial charge in [0.25, 0.3) is 0 Å². The Labute approximate surface area is 332 Å². The average Bonchev–Trinajstić information content (AvgIpc) is 3.74. The number of hydrogen-bond donors (Lipinski definition) is 5. The molecule has 1 saturated heterocycles. The van der Waals surface area contributed by atoms with Gasteiger partial charge in [0.15, 0.2) is 0 Å². The van der Waals surface area contributed by atoms with E-state index >= 15 is 0 Å². The Kier molecular flexibility index (Phi) is 20.0. The predicted octanol–water partition coefficient (Wildman–Crippen LogP) is 1.67. The molecule has 3 atom stereocenters. The van der Waals surface area contributed by atoms with E-state index in [1.54, 1.807) is 14.7 Å². The van der Waals surface area contributed by atoms with Crippen LogP contribution in [0.5, 0.6) is 0 Å². The van der Waals surface area contributed by atoms with Crippen molar-refractivity contribution in [1.82, 2.24) is 30.2 Å². The summed E-state index contributed by atoms with van der Waals surface area (Å²) >= 11 is 0. The first-order valence-corrected chi connectivity index (χ1v) is 20.2. The van der Waals surface area contributed by atoms with Crippen LogP contribution in [0, 0.1) is 17.8 Å². The molecule has 1 heterocycles. The highest BCUT2D eigenvalue weighted by molar-refractivity contribution is 5.78. The molecule has 0 aromatic heterocycles. The molecule has 3 aliphatic rings. The molecule has 3 rings (SSSR count). The number of fused-ring (bicyclic) bond motifs is 1. The molecule has 1 saturated carbocycles. The molecule has 17 heteroatoms. The zero-order valence-corrected chi connectivity index (χ0v) is 34.0. The van der Waals surface area contributed by atoms with Gasteiger partial charge < -0.3 is 40.2 Å². The predicted molar refractivity (Wildman–Crippen MR) is 208 cm³/mol. The lowest BCUT2D eigenvalue weighted by atomic mass is 10.0. The molecule has 0 aromatic rings. The molecular formula is C39H68N6O11. The number of ether oxygens (including phenoxy) is 3. The van der Waals surface area contributed by atoms with Crippen molar-refractivity contribution in [2.45, 2.75) is 77.4 Å². The van der Waals surface area contributed by atoms with Crippen molar-refractivity contribution >= 4 is 29.9 Å². The number of nitrogens with zero attached hydrogens (tertiary/aromatic N) is 4. The molecule has 1 aliphatic heterocycles. The zero-order chi connectivity index (χ0) is 41.1. The summed E-state index contributed by atoms with van der Waals surface area (Å²) in [7, 11) is 0. The number of alkyl carbamates (subject to hydrolysis) is 1. The Bertz CT molecular complexity index is 1250. The monoisotopic (exact) mass is 796 g/mol. The number of hydrogen-bond acceptors (Lipinski definition) is 12. The zero-order valence-electron chi connectivity index (χ0n) is 34.0. The summed E-state index contributed by atoms with van der Waals surface area (Å²) in [6.07, 6.45) is 9.86. The van der Waals surface area contributed by atoms with Gasteiger partial charge in [-0.2, -0.15) is 0 Å². The summed E-state index contributed by atoms with van der Waals surface area (Å²) in [5.74, 6) is -1.39. The maximum absolute atomic E-state index is 13.1. The minimum Gasteiger partial charge on any atom is -0.480 e. The van der Waals surface area contributed by atoms with Crippen molar-refractivity contribution in [3.8, 4) is 0 Å². The number of carboxylic acid groups (broad SMARTS) is 3. The summed E-state index contributed by atoms with van der Waals surface area (Å²) in [5, 5.41) is 34.0.